The molecular weight excluding hydrogens is 234 g/mol. The van der Waals surface area contributed by atoms with Gasteiger partial charge in [-0.2, -0.15) is 0 Å². The fourth-order valence-electron chi connectivity index (χ4n) is 0.698. The zero-order valence-corrected chi connectivity index (χ0v) is 9.21. The summed E-state index contributed by atoms with van der Waals surface area (Å²) in [4.78, 5) is 4.00. The number of rotatable bonds is 3. The van der Waals surface area contributed by atoms with Crippen LogP contribution in [0.4, 0.5) is 0 Å². The van der Waals surface area contributed by atoms with Crippen molar-refractivity contribution in [3.05, 3.63) is 22.8 Å². The van der Waals surface area contributed by atoms with Crippen LogP contribution < -0.4 is 4.74 Å². The quantitative estimate of drug-likeness (QED) is 0.886. The lowest BCUT2D eigenvalue weighted by Gasteiger charge is -2.16. The normalized spacial score (nSPS) is 11.4. The highest BCUT2D eigenvalue weighted by Gasteiger charge is 2.13. The first kappa shape index (κ1) is 10.5. The van der Waals surface area contributed by atoms with Gasteiger partial charge in [-0.3, -0.25) is 0 Å². The number of pyridine rings is 1. The van der Waals surface area contributed by atoms with Crippen molar-refractivity contribution in [2.24, 2.45) is 0 Å². The molecule has 0 aliphatic heterocycles. The zero-order chi connectivity index (χ0) is 9.90. The van der Waals surface area contributed by atoms with Gasteiger partial charge in [0.15, 0.2) is 0 Å². The number of hydrogen-bond acceptors (Lipinski definition) is 3. The second kappa shape index (κ2) is 4.07. The molecule has 0 saturated heterocycles. The Labute approximate surface area is 85.9 Å². The van der Waals surface area contributed by atoms with Crippen molar-refractivity contribution in [3.63, 3.8) is 0 Å². The molecule has 4 heteroatoms. The lowest BCUT2D eigenvalue weighted by Crippen LogP contribution is -2.28. The van der Waals surface area contributed by atoms with E-state index in [4.69, 9.17) is 4.74 Å². The molecule has 0 unspecified atom stereocenters. The minimum absolute atomic E-state index is 0.238. The van der Waals surface area contributed by atoms with Crippen molar-refractivity contribution in [1.29, 1.82) is 0 Å². The maximum atomic E-state index is 9.37. The van der Waals surface area contributed by atoms with E-state index in [1.807, 2.05) is 6.07 Å². The van der Waals surface area contributed by atoms with E-state index in [1.165, 1.54) is 0 Å². The maximum absolute atomic E-state index is 9.37. The van der Waals surface area contributed by atoms with E-state index in [2.05, 4.69) is 20.9 Å². The van der Waals surface area contributed by atoms with Crippen LogP contribution in [0.5, 0.6) is 5.88 Å². The molecule has 0 aromatic carbocycles. The number of hydrogen-bond donors (Lipinski definition) is 1. The zero-order valence-electron chi connectivity index (χ0n) is 7.62. The molecule has 0 bridgehead atoms. The van der Waals surface area contributed by atoms with Gasteiger partial charge in [0.05, 0.1) is 5.60 Å². The molecule has 0 aliphatic rings. The summed E-state index contributed by atoms with van der Waals surface area (Å²) in [5.74, 6) is 0.519. The third-order valence-electron chi connectivity index (χ3n) is 1.27. The minimum Gasteiger partial charge on any atom is -0.475 e. The average molecular weight is 246 g/mol. The molecule has 1 rings (SSSR count). The Morgan fingerprint density at radius 2 is 2.23 bits per heavy atom. The molecule has 1 aromatic rings. The van der Waals surface area contributed by atoms with Gasteiger partial charge in [0.2, 0.25) is 5.88 Å². The highest BCUT2D eigenvalue weighted by Crippen LogP contribution is 2.13. The van der Waals surface area contributed by atoms with Gasteiger partial charge in [-0.25, -0.2) is 4.98 Å². The molecule has 1 aromatic heterocycles. The van der Waals surface area contributed by atoms with E-state index >= 15 is 0 Å². The van der Waals surface area contributed by atoms with Crippen molar-refractivity contribution in [2.45, 2.75) is 19.4 Å². The first-order valence-corrected chi connectivity index (χ1v) is 4.73. The largest absolute Gasteiger partial charge is 0.475 e. The second-order valence-corrected chi connectivity index (χ2v) is 4.33. The Morgan fingerprint density at radius 1 is 1.54 bits per heavy atom. The standard InChI is InChI=1S/C9H12BrNO2/c1-9(2,12)6-13-8-4-3-7(10)5-11-8/h3-5,12H,6H2,1-2H3. The summed E-state index contributed by atoms with van der Waals surface area (Å²) in [5.41, 5.74) is -0.825. The SMILES string of the molecule is CC(C)(O)COc1ccc(Br)cn1. The Morgan fingerprint density at radius 3 is 2.69 bits per heavy atom. The van der Waals surface area contributed by atoms with Gasteiger partial charge in [0, 0.05) is 16.7 Å². The molecule has 0 fully saturated rings. The van der Waals surface area contributed by atoms with Crippen LogP contribution in [0.2, 0.25) is 0 Å². The van der Waals surface area contributed by atoms with Crippen LogP contribution in [0.15, 0.2) is 22.8 Å². The Balaban J connectivity index is 2.51. The van der Waals surface area contributed by atoms with E-state index in [0.29, 0.717) is 5.88 Å². The summed E-state index contributed by atoms with van der Waals surface area (Å²) in [6, 6.07) is 3.59. The third kappa shape index (κ3) is 4.24. The van der Waals surface area contributed by atoms with Crippen molar-refractivity contribution < 1.29 is 9.84 Å². The van der Waals surface area contributed by atoms with Crippen LogP contribution in [-0.2, 0) is 0 Å². The van der Waals surface area contributed by atoms with Gasteiger partial charge in [0.1, 0.15) is 6.61 Å². The van der Waals surface area contributed by atoms with Crippen LogP contribution in [-0.4, -0.2) is 22.3 Å². The van der Waals surface area contributed by atoms with Crippen LogP contribution >= 0.6 is 15.9 Å². The summed E-state index contributed by atoms with van der Waals surface area (Å²) in [5, 5.41) is 9.37. The Kier molecular flexibility index (Phi) is 3.27. The molecule has 0 saturated carbocycles. The van der Waals surface area contributed by atoms with Crippen molar-refractivity contribution in [1.82, 2.24) is 4.98 Å². The fourth-order valence-corrected chi connectivity index (χ4v) is 0.933. The molecule has 13 heavy (non-hydrogen) atoms. The third-order valence-corrected chi connectivity index (χ3v) is 1.74. The number of aromatic nitrogens is 1. The van der Waals surface area contributed by atoms with Crippen LogP contribution in [0.3, 0.4) is 0 Å². The smallest absolute Gasteiger partial charge is 0.213 e. The molecule has 1 heterocycles. The Hall–Kier alpha value is -0.610. The van der Waals surface area contributed by atoms with E-state index in [1.54, 1.807) is 26.1 Å². The summed E-state index contributed by atoms with van der Waals surface area (Å²) in [6.45, 7) is 3.61. The number of nitrogens with zero attached hydrogens (tertiary/aromatic N) is 1. The molecule has 1 N–H and O–H groups in total. The van der Waals surface area contributed by atoms with Gasteiger partial charge in [-0.1, -0.05) is 0 Å². The molecule has 0 amide bonds. The van der Waals surface area contributed by atoms with Crippen LogP contribution in [0.1, 0.15) is 13.8 Å². The highest BCUT2D eigenvalue weighted by molar-refractivity contribution is 9.10. The van der Waals surface area contributed by atoms with Crippen LogP contribution in [0.25, 0.3) is 0 Å². The average Bonchev–Trinajstić information content (AvgIpc) is 2.02. The van der Waals surface area contributed by atoms with Crippen molar-refractivity contribution in [3.8, 4) is 5.88 Å². The van der Waals surface area contributed by atoms with E-state index in [-0.39, 0.29) is 6.61 Å². The monoisotopic (exact) mass is 245 g/mol. The predicted molar refractivity (Wildman–Crippen MR) is 53.7 cm³/mol. The van der Waals surface area contributed by atoms with E-state index in [0.717, 1.165) is 4.47 Å². The van der Waals surface area contributed by atoms with Gasteiger partial charge in [-0.15, -0.1) is 0 Å². The maximum Gasteiger partial charge on any atom is 0.213 e. The highest BCUT2D eigenvalue weighted by atomic mass is 79.9. The summed E-state index contributed by atoms with van der Waals surface area (Å²) >= 11 is 3.27. The van der Waals surface area contributed by atoms with Gasteiger partial charge in [0.25, 0.3) is 0 Å². The van der Waals surface area contributed by atoms with Gasteiger partial charge < -0.3 is 9.84 Å². The first-order valence-electron chi connectivity index (χ1n) is 3.94. The molecule has 72 valence electrons. The number of ether oxygens (including phenoxy) is 1. The number of aliphatic hydroxyl groups is 1. The molecular formula is C9H12BrNO2. The molecule has 0 atom stereocenters. The fraction of sp³-hybridized carbons (Fsp3) is 0.444. The molecule has 0 radical (unpaired) electrons. The molecule has 3 nitrogen and oxygen atoms in total. The van der Waals surface area contributed by atoms with E-state index in [9.17, 15) is 5.11 Å². The summed E-state index contributed by atoms with van der Waals surface area (Å²) in [6.07, 6.45) is 1.65. The van der Waals surface area contributed by atoms with E-state index < -0.39 is 5.60 Å². The first-order chi connectivity index (χ1) is 5.97. The van der Waals surface area contributed by atoms with Crippen LogP contribution in [0, 0.1) is 0 Å². The van der Waals surface area contributed by atoms with Crippen molar-refractivity contribution in [2.75, 3.05) is 6.61 Å². The minimum atomic E-state index is -0.825. The van der Waals surface area contributed by atoms with Gasteiger partial charge >= 0.3 is 0 Å². The lowest BCUT2D eigenvalue weighted by molar-refractivity contribution is 0.0268. The summed E-state index contributed by atoms with van der Waals surface area (Å²) in [7, 11) is 0. The molecule has 0 spiro atoms. The van der Waals surface area contributed by atoms with Crippen molar-refractivity contribution >= 4 is 15.9 Å². The topological polar surface area (TPSA) is 42.4 Å². The van der Waals surface area contributed by atoms with Gasteiger partial charge in [-0.05, 0) is 35.8 Å². The predicted octanol–water partition coefficient (Wildman–Crippen LogP) is 1.99. The molecule has 0 aliphatic carbocycles. The second-order valence-electron chi connectivity index (χ2n) is 3.42. The lowest BCUT2D eigenvalue weighted by atomic mass is 10.2. The summed E-state index contributed by atoms with van der Waals surface area (Å²) < 4.78 is 6.15. The number of halogens is 1. The Bertz CT molecular complexity index is 266.